The Morgan fingerprint density at radius 2 is 2.43 bits per heavy atom. The first kappa shape index (κ1) is 9.67. The number of aromatic nitrogens is 2. The van der Waals surface area contributed by atoms with Crippen LogP contribution in [0.15, 0.2) is 26.7 Å². The highest BCUT2D eigenvalue weighted by Crippen LogP contribution is 2.23. The molecule has 4 nitrogen and oxygen atoms in total. The SMILES string of the molecule is CC(Nc1nncs1)c1ccc(Br)o1. The number of anilines is 1. The van der Waals surface area contributed by atoms with E-state index in [1.54, 1.807) is 5.51 Å². The highest BCUT2D eigenvalue weighted by atomic mass is 79.9. The van der Waals surface area contributed by atoms with Crippen LogP contribution in [0, 0.1) is 0 Å². The fourth-order valence-corrected chi connectivity index (χ4v) is 1.91. The maximum absolute atomic E-state index is 5.40. The Hall–Kier alpha value is -0.880. The van der Waals surface area contributed by atoms with E-state index in [1.807, 2.05) is 19.1 Å². The molecule has 0 saturated heterocycles. The van der Waals surface area contributed by atoms with E-state index in [9.17, 15) is 0 Å². The molecule has 0 saturated carbocycles. The first-order chi connectivity index (χ1) is 6.75. The molecular formula is C8H8BrN3OS. The lowest BCUT2D eigenvalue weighted by Gasteiger charge is -2.08. The van der Waals surface area contributed by atoms with Gasteiger partial charge >= 0.3 is 0 Å². The van der Waals surface area contributed by atoms with Crippen LogP contribution in [0.5, 0.6) is 0 Å². The summed E-state index contributed by atoms with van der Waals surface area (Å²) in [5.41, 5.74) is 1.69. The lowest BCUT2D eigenvalue weighted by molar-refractivity contribution is 0.471. The molecule has 0 fully saturated rings. The van der Waals surface area contributed by atoms with E-state index in [0.29, 0.717) is 0 Å². The molecule has 0 aliphatic heterocycles. The highest BCUT2D eigenvalue weighted by Gasteiger charge is 2.10. The van der Waals surface area contributed by atoms with Gasteiger partial charge in [-0.1, -0.05) is 11.3 Å². The van der Waals surface area contributed by atoms with Gasteiger partial charge in [0.25, 0.3) is 0 Å². The molecule has 0 aromatic carbocycles. The van der Waals surface area contributed by atoms with E-state index in [1.165, 1.54) is 11.3 Å². The van der Waals surface area contributed by atoms with Crippen molar-refractivity contribution in [3.63, 3.8) is 0 Å². The van der Waals surface area contributed by atoms with Gasteiger partial charge in [-0.05, 0) is 35.0 Å². The molecule has 2 aromatic rings. The zero-order valence-corrected chi connectivity index (χ0v) is 9.80. The molecule has 0 bridgehead atoms. The van der Waals surface area contributed by atoms with Gasteiger partial charge in [-0.3, -0.25) is 0 Å². The predicted molar refractivity (Wildman–Crippen MR) is 58.4 cm³/mol. The van der Waals surface area contributed by atoms with Crippen molar-refractivity contribution in [2.75, 3.05) is 5.32 Å². The second-order valence-electron chi connectivity index (χ2n) is 2.75. The Bertz CT molecular complexity index is 400. The first-order valence-electron chi connectivity index (χ1n) is 4.03. The number of halogens is 1. The highest BCUT2D eigenvalue weighted by molar-refractivity contribution is 9.10. The predicted octanol–water partition coefficient (Wildman–Crippen LogP) is 3.07. The smallest absolute Gasteiger partial charge is 0.205 e. The Morgan fingerprint density at radius 1 is 1.57 bits per heavy atom. The molecule has 0 spiro atoms. The number of hydrogen-bond acceptors (Lipinski definition) is 5. The maximum atomic E-state index is 5.40. The normalized spacial score (nSPS) is 12.7. The number of rotatable bonds is 3. The van der Waals surface area contributed by atoms with Crippen molar-refractivity contribution in [3.8, 4) is 0 Å². The minimum absolute atomic E-state index is 0.0919. The van der Waals surface area contributed by atoms with Gasteiger partial charge in [0.15, 0.2) is 4.67 Å². The van der Waals surface area contributed by atoms with Crippen molar-refractivity contribution in [2.45, 2.75) is 13.0 Å². The minimum Gasteiger partial charge on any atom is -0.452 e. The maximum Gasteiger partial charge on any atom is 0.205 e. The Kier molecular flexibility index (Phi) is 2.83. The van der Waals surface area contributed by atoms with Gasteiger partial charge in [-0.2, -0.15) is 0 Å². The number of nitrogens with one attached hydrogen (secondary N) is 1. The van der Waals surface area contributed by atoms with Crippen LogP contribution < -0.4 is 5.32 Å². The third-order valence-corrected chi connectivity index (χ3v) is 2.77. The largest absolute Gasteiger partial charge is 0.452 e. The molecule has 2 heterocycles. The van der Waals surface area contributed by atoms with Crippen molar-refractivity contribution >= 4 is 32.4 Å². The van der Waals surface area contributed by atoms with Crippen LogP contribution in [-0.2, 0) is 0 Å². The minimum atomic E-state index is 0.0919. The van der Waals surface area contributed by atoms with Gasteiger partial charge in [0, 0.05) is 0 Å². The molecule has 0 radical (unpaired) electrons. The van der Waals surface area contributed by atoms with Crippen LogP contribution in [0.3, 0.4) is 0 Å². The van der Waals surface area contributed by atoms with Crippen LogP contribution in [0.2, 0.25) is 0 Å². The van der Waals surface area contributed by atoms with Gasteiger partial charge < -0.3 is 9.73 Å². The second kappa shape index (κ2) is 4.10. The molecule has 0 aliphatic carbocycles. The summed E-state index contributed by atoms with van der Waals surface area (Å²) in [7, 11) is 0. The zero-order chi connectivity index (χ0) is 9.97. The summed E-state index contributed by atoms with van der Waals surface area (Å²) in [5.74, 6) is 0.868. The summed E-state index contributed by atoms with van der Waals surface area (Å²) in [6.45, 7) is 2.01. The van der Waals surface area contributed by atoms with Crippen molar-refractivity contribution < 1.29 is 4.42 Å². The van der Waals surface area contributed by atoms with Gasteiger partial charge in [0.05, 0.1) is 6.04 Å². The number of hydrogen-bond donors (Lipinski definition) is 1. The standard InChI is InChI=1S/C8H8BrN3OS/c1-5(6-2-3-7(9)13-6)11-8-12-10-4-14-8/h2-5H,1H3,(H,11,12). The molecule has 1 atom stereocenters. The van der Waals surface area contributed by atoms with Crippen molar-refractivity contribution in [2.24, 2.45) is 0 Å². The summed E-state index contributed by atoms with van der Waals surface area (Å²) >= 11 is 4.72. The average molecular weight is 274 g/mol. The molecule has 0 aliphatic rings. The number of nitrogens with zero attached hydrogens (tertiary/aromatic N) is 2. The van der Waals surface area contributed by atoms with Crippen molar-refractivity contribution in [1.29, 1.82) is 0 Å². The van der Waals surface area contributed by atoms with E-state index in [4.69, 9.17) is 4.42 Å². The molecule has 1 unspecified atom stereocenters. The Morgan fingerprint density at radius 3 is 3.00 bits per heavy atom. The summed E-state index contributed by atoms with van der Waals surface area (Å²) < 4.78 is 6.14. The Balaban J connectivity index is 2.06. The third-order valence-electron chi connectivity index (χ3n) is 1.72. The number of furan rings is 1. The van der Waals surface area contributed by atoms with Crippen molar-refractivity contribution in [3.05, 3.63) is 28.1 Å². The zero-order valence-electron chi connectivity index (χ0n) is 7.40. The van der Waals surface area contributed by atoms with Gasteiger partial charge in [-0.15, -0.1) is 10.2 Å². The lowest BCUT2D eigenvalue weighted by Crippen LogP contribution is -2.04. The van der Waals surface area contributed by atoms with Crippen LogP contribution in [0.25, 0.3) is 0 Å². The van der Waals surface area contributed by atoms with E-state index >= 15 is 0 Å². The van der Waals surface area contributed by atoms with Gasteiger partial charge in [-0.25, -0.2) is 0 Å². The van der Waals surface area contributed by atoms with E-state index in [2.05, 4.69) is 31.4 Å². The molecule has 6 heteroatoms. The molecule has 2 aromatic heterocycles. The third kappa shape index (κ3) is 2.13. The molecule has 2 rings (SSSR count). The lowest BCUT2D eigenvalue weighted by atomic mass is 10.3. The van der Waals surface area contributed by atoms with Crippen LogP contribution in [-0.4, -0.2) is 10.2 Å². The summed E-state index contributed by atoms with van der Waals surface area (Å²) in [6.07, 6.45) is 0. The average Bonchev–Trinajstić information content (AvgIpc) is 2.75. The van der Waals surface area contributed by atoms with Crippen LogP contribution >= 0.6 is 27.3 Å². The molecule has 74 valence electrons. The Labute approximate surface area is 93.5 Å². The van der Waals surface area contributed by atoms with E-state index < -0.39 is 0 Å². The summed E-state index contributed by atoms with van der Waals surface area (Å²) in [4.78, 5) is 0. The quantitative estimate of drug-likeness (QED) is 0.934. The van der Waals surface area contributed by atoms with Crippen LogP contribution in [0.1, 0.15) is 18.7 Å². The summed E-state index contributed by atoms with van der Waals surface area (Å²) in [5, 5.41) is 11.6. The molecule has 1 N–H and O–H groups in total. The molecule has 0 amide bonds. The first-order valence-corrected chi connectivity index (χ1v) is 5.71. The van der Waals surface area contributed by atoms with E-state index in [-0.39, 0.29) is 6.04 Å². The monoisotopic (exact) mass is 273 g/mol. The molecular weight excluding hydrogens is 266 g/mol. The second-order valence-corrected chi connectivity index (χ2v) is 4.37. The topological polar surface area (TPSA) is 51.0 Å². The van der Waals surface area contributed by atoms with Gasteiger partial charge in [0.2, 0.25) is 5.13 Å². The molecule has 14 heavy (non-hydrogen) atoms. The van der Waals surface area contributed by atoms with Gasteiger partial charge in [0.1, 0.15) is 11.3 Å². The fourth-order valence-electron chi connectivity index (χ4n) is 1.05. The van der Waals surface area contributed by atoms with Crippen LogP contribution in [0.4, 0.5) is 5.13 Å². The van der Waals surface area contributed by atoms with E-state index in [0.717, 1.165) is 15.6 Å². The fraction of sp³-hybridized carbons (Fsp3) is 0.250. The summed E-state index contributed by atoms with van der Waals surface area (Å²) in [6, 6.07) is 3.88. The van der Waals surface area contributed by atoms with Crippen molar-refractivity contribution in [1.82, 2.24) is 10.2 Å².